The maximum absolute atomic E-state index is 13.4. The van der Waals surface area contributed by atoms with Crippen LogP contribution in [-0.4, -0.2) is 28.6 Å². The molecule has 6 nitrogen and oxygen atoms in total. The summed E-state index contributed by atoms with van der Waals surface area (Å²) >= 11 is 12.1. The van der Waals surface area contributed by atoms with Gasteiger partial charge < -0.3 is 9.88 Å². The summed E-state index contributed by atoms with van der Waals surface area (Å²) < 4.78 is 15.5. The number of aromatic nitrogens is 1. The first kappa shape index (κ1) is 28.3. The molecule has 4 aromatic rings. The molecule has 3 aromatic carbocycles. The van der Waals surface area contributed by atoms with Crippen molar-refractivity contribution in [1.82, 2.24) is 15.3 Å². The molecule has 9 heteroatoms. The van der Waals surface area contributed by atoms with Gasteiger partial charge in [-0.05, 0) is 61.2 Å². The van der Waals surface area contributed by atoms with Crippen LogP contribution in [0, 0.1) is 18.7 Å². The third-order valence-corrected chi connectivity index (χ3v) is 6.95. The first-order valence-electron chi connectivity index (χ1n) is 12.5. The van der Waals surface area contributed by atoms with E-state index in [1.807, 2.05) is 45.0 Å². The summed E-state index contributed by atoms with van der Waals surface area (Å²) in [5.74, 6) is -1.05. The summed E-state index contributed by atoms with van der Waals surface area (Å²) in [4.78, 5) is 25.9. The normalized spacial score (nSPS) is 12.3. The number of nitrogens with zero attached hydrogens (tertiary/aromatic N) is 2. The minimum atomic E-state index is -0.817. The molecular weight excluding hydrogens is 538 g/mol. The Morgan fingerprint density at radius 1 is 1.05 bits per heavy atom. The van der Waals surface area contributed by atoms with Crippen molar-refractivity contribution >= 4 is 52.1 Å². The second kappa shape index (κ2) is 12.5. The van der Waals surface area contributed by atoms with Gasteiger partial charge in [0.1, 0.15) is 11.9 Å². The molecule has 0 bridgehead atoms. The van der Waals surface area contributed by atoms with Gasteiger partial charge in [-0.15, -0.1) is 0 Å². The highest BCUT2D eigenvalue weighted by Gasteiger charge is 2.23. The Morgan fingerprint density at radius 3 is 2.46 bits per heavy atom. The molecule has 1 atom stereocenters. The second-order valence-corrected chi connectivity index (χ2v) is 10.6. The van der Waals surface area contributed by atoms with Crippen LogP contribution >= 0.6 is 23.2 Å². The lowest BCUT2D eigenvalue weighted by atomic mass is 10.0. The second-order valence-electron chi connectivity index (χ2n) is 9.74. The average Bonchev–Trinajstić information content (AvgIpc) is 3.15. The number of nitrogens with one attached hydrogen (secondary N) is 2. The number of carbonyl (C=O) groups is 2. The van der Waals surface area contributed by atoms with Crippen molar-refractivity contribution in [2.45, 2.75) is 39.8 Å². The van der Waals surface area contributed by atoms with E-state index in [9.17, 15) is 14.0 Å². The minimum absolute atomic E-state index is 0.136. The van der Waals surface area contributed by atoms with Gasteiger partial charge >= 0.3 is 0 Å². The van der Waals surface area contributed by atoms with E-state index in [4.69, 9.17) is 23.2 Å². The lowest BCUT2D eigenvalue weighted by Gasteiger charge is -2.19. The minimum Gasteiger partial charge on any atom is -0.340 e. The standard InChI is InChI=1S/C30H29Cl2FN4O2/c1-18(2)14-27(35-29(38)24-13-10-21(31)15-26(24)32)30(39)36-34-16-25-19(3)37(28-7-5-4-6-23(25)28)17-20-8-11-22(33)12-9-20/h4-13,15-16,18,27H,14,17H2,1-3H3,(H,35,38)(H,36,39)/b34-16-/t27-/m0/s1. The van der Waals surface area contributed by atoms with Crippen LogP contribution in [0.3, 0.4) is 0 Å². The summed E-state index contributed by atoms with van der Waals surface area (Å²) in [5, 5.41) is 8.59. The Bertz CT molecular complexity index is 1530. The number of hydrazone groups is 1. The van der Waals surface area contributed by atoms with E-state index >= 15 is 0 Å². The smallest absolute Gasteiger partial charge is 0.262 e. The van der Waals surface area contributed by atoms with Gasteiger partial charge in [-0.25, -0.2) is 9.82 Å². The van der Waals surface area contributed by atoms with Crippen molar-refractivity contribution in [1.29, 1.82) is 0 Å². The van der Waals surface area contributed by atoms with E-state index in [2.05, 4.69) is 20.4 Å². The van der Waals surface area contributed by atoms with Crippen LogP contribution in [0.5, 0.6) is 0 Å². The molecule has 0 saturated heterocycles. The van der Waals surface area contributed by atoms with Gasteiger partial charge in [-0.1, -0.05) is 67.4 Å². The number of rotatable bonds is 9. The quantitative estimate of drug-likeness (QED) is 0.174. The van der Waals surface area contributed by atoms with Gasteiger partial charge in [0, 0.05) is 33.7 Å². The SMILES string of the molecule is Cc1c(/C=N\NC(=O)[C@H](CC(C)C)NC(=O)c2ccc(Cl)cc2Cl)c2ccccc2n1Cc1ccc(F)cc1. The third-order valence-electron chi connectivity index (χ3n) is 6.41. The number of para-hydroxylation sites is 1. The van der Waals surface area contributed by atoms with Crippen LogP contribution in [0.25, 0.3) is 10.9 Å². The summed E-state index contributed by atoms with van der Waals surface area (Å²) in [6, 6.07) is 18.1. The largest absolute Gasteiger partial charge is 0.340 e. The fourth-order valence-electron chi connectivity index (χ4n) is 4.45. The van der Waals surface area contributed by atoms with E-state index in [-0.39, 0.29) is 22.3 Å². The van der Waals surface area contributed by atoms with E-state index in [1.54, 1.807) is 24.4 Å². The molecular formula is C30H29Cl2FN4O2. The zero-order valence-electron chi connectivity index (χ0n) is 21.8. The molecule has 0 saturated carbocycles. The number of amides is 2. The fraction of sp³-hybridized carbons (Fsp3) is 0.233. The first-order chi connectivity index (χ1) is 18.6. The van der Waals surface area contributed by atoms with Crippen LogP contribution in [-0.2, 0) is 11.3 Å². The topological polar surface area (TPSA) is 75.5 Å². The molecule has 39 heavy (non-hydrogen) atoms. The van der Waals surface area contributed by atoms with Crippen LogP contribution in [0.4, 0.5) is 4.39 Å². The molecule has 2 N–H and O–H groups in total. The predicted octanol–water partition coefficient (Wildman–Crippen LogP) is 6.74. The Balaban J connectivity index is 1.53. The third kappa shape index (κ3) is 6.85. The zero-order valence-corrected chi connectivity index (χ0v) is 23.4. The molecule has 1 heterocycles. The Hall–Kier alpha value is -3.68. The zero-order chi connectivity index (χ0) is 28.1. The number of halogens is 3. The number of fused-ring (bicyclic) bond motifs is 1. The van der Waals surface area contributed by atoms with E-state index in [0.29, 0.717) is 18.0 Å². The molecule has 0 fully saturated rings. The molecule has 0 radical (unpaired) electrons. The van der Waals surface area contributed by atoms with Gasteiger partial charge in [0.15, 0.2) is 0 Å². The maximum Gasteiger partial charge on any atom is 0.262 e. The van der Waals surface area contributed by atoms with Crippen molar-refractivity contribution in [3.8, 4) is 0 Å². The first-order valence-corrected chi connectivity index (χ1v) is 13.3. The number of hydrogen-bond acceptors (Lipinski definition) is 3. The molecule has 0 aliphatic rings. The summed E-state index contributed by atoms with van der Waals surface area (Å²) in [6.45, 7) is 6.46. The predicted molar refractivity (Wildman–Crippen MR) is 155 cm³/mol. The molecule has 0 aliphatic heterocycles. The average molecular weight is 567 g/mol. The lowest BCUT2D eigenvalue weighted by molar-refractivity contribution is -0.123. The fourth-order valence-corrected chi connectivity index (χ4v) is 4.94. The van der Waals surface area contributed by atoms with E-state index in [0.717, 1.165) is 27.7 Å². The van der Waals surface area contributed by atoms with Crippen molar-refractivity contribution in [2.75, 3.05) is 0 Å². The molecule has 0 unspecified atom stereocenters. The molecule has 202 valence electrons. The molecule has 2 amide bonds. The maximum atomic E-state index is 13.4. The van der Waals surface area contributed by atoms with Crippen LogP contribution in [0.2, 0.25) is 10.0 Å². The van der Waals surface area contributed by atoms with Crippen LogP contribution in [0.15, 0.2) is 71.8 Å². The molecule has 4 rings (SSSR count). The van der Waals surface area contributed by atoms with Gasteiger partial charge in [-0.3, -0.25) is 9.59 Å². The van der Waals surface area contributed by atoms with E-state index in [1.165, 1.54) is 24.3 Å². The van der Waals surface area contributed by atoms with Gasteiger partial charge in [0.05, 0.1) is 16.8 Å². The Labute approximate surface area is 236 Å². The van der Waals surface area contributed by atoms with Gasteiger partial charge in [-0.2, -0.15) is 5.10 Å². The van der Waals surface area contributed by atoms with Crippen molar-refractivity contribution in [2.24, 2.45) is 11.0 Å². The van der Waals surface area contributed by atoms with Crippen LogP contribution in [0.1, 0.15) is 47.4 Å². The number of benzene rings is 3. The highest BCUT2D eigenvalue weighted by atomic mass is 35.5. The number of hydrogen-bond donors (Lipinski definition) is 2. The molecule has 0 spiro atoms. The van der Waals surface area contributed by atoms with E-state index < -0.39 is 17.9 Å². The van der Waals surface area contributed by atoms with Crippen LogP contribution < -0.4 is 10.7 Å². The highest BCUT2D eigenvalue weighted by molar-refractivity contribution is 6.36. The summed E-state index contributed by atoms with van der Waals surface area (Å²) in [6.07, 6.45) is 2.02. The Kier molecular flexibility index (Phi) is 9.04. The monoisotopic (exact) mass is 566 g/mol. The highest BCUT2D eigenvalue weighted by Crippen LogP contribution is 2.26. The molecule has 0 aliphatic carbocycles. The number of carbonyl (C=O) groups excluding carboxylic acids is 2. The summed E-state index contributed by atoms with van der Waals surface area (Å²) in [5.41, 5.74) is 6.58. The Morgan fingerprint density at radius 2 is 1.77 bits per heavy atom. The van der Waals surface area contributed by atoms with Gasteiger partial charge in [0.25, 0.3) is 11.8 Å². The van der Waals surface area contributed by atoms with Crippen molar-refractivity contribution in [3.63, 3.8) is 0 Å². The van der Waals surface area contributed by atoms with Gasteiger partial charge in [0.2, 0.25) is 0 Å². The lowest BCUT2D eigenvalue weighted by Crippen LogP contribution is -2.46. The molecule has 1 aromatic heterocycles. The summed E-state index contributed by atoms with van der Waals surface area (Å²) in [7, 11) is 0. The van der Waals surface area contributed by atoms with Crippen molar-refractivity contribution < 1.29 is 14.0 Å². The van der Waals surface area contributed by atoms with Crippen molar-refractivity contribution in [3.05, 3.63) is 105 Å².